The van der Waals surface area contributed by atoms with E-state index in [2.05, 4.69) is 10.6 Å². The third-order valence-electron chi connectivity index (χ3n) is 4.46. The van der Waals surface area contributed by atoms with Crippen molar-refractivity contribution in [3.8, 4) is 0 Å². The molecule has 33 heavy (non-hydrogen) atoms. The monoisotopic (exact) mass is 446 g/mol. The number of ether oxygens (including phenoxy) is 2. The number of nitrogens with one attached hydrogen (secondary N) is 2. The number of hydrogen-bond donors (Lipinski definition) is 2. The number of carbonyl (C=O) groups is 4. The lowest BCUT2D eigenvalue weighted by Gasteiger charge is -2.08. The number of benzene rings is 3. The third-order valence-corrected chi connectivity index (χ3v) is 4.46. The summed E-state index contributed by atoms with van der Waals surface area (Å²) in [5.74, 6) is -1.36. The highest BCUT2D eigenvalue weighted by atomic mass is 16.5. The summed E-state index contributed by atoms with van der Waals surface area (Å²) in [6, 6.07) is 21.1. The molecular formula is C25H22N2O6. The molecule has 0 aliphatic heterocycles. The Labute approximate surface area is 190 Å². The van der Waals surface area contributed by atoms with Crippen molar-refractivity contribution in [3.63, 3.8) is 0 Å². The average Bonchev–Trinajstić information content (AvgIpc) is 2.83. The van der Waals surface area contributed by atoms with E-state index >= 15 is 0 Å². The van der Waals surface area contributed by atoms with Gasteiger partial charge in [0.25, 0.3) is 5.91 Å². The first-order valence-corrected chi connectivity index (χ1v) is 10.2. The maximum absolute atomic E-state index is 12.4. The van der Waals surface area contributed by atoms with Crippen LogP contribution in [0.2, 0.25) is 0 Å². The number of anilines is 2. The van der Waals surface area contributed by atoms with Gasteiger partial charge in [-0.05, 0) is 61.5 Å². The van der Waals surface area contributed by atoms with Crippen LogP contribution in [0.25, 0.3) is 0 Å². The molecule has 0 radical (unpaired) electrons. The highest BCUT2D eigenvalue weighted by Crippen LogP contribution is 2.14. The Bertz CT molecular complexity index is 1140. The van der Waals surface area contributed by atoms with Crippen LogP contribution < -0.4 is 10.6 Å². The van der Waals surface area contributed by atoms with Crippen LogP contribution in [0.4, 0.5) is 16.2 Å². The molecule has 0 fully saturated rings. The molecule has 3 rings (SSSR count). The van der Waals surface area contributed by atoms with E-state index in [1.807, 2.05) is 6.07 Å². The van der Waals surface area contributed by atoms with Crippen molar-refractivity contribution in [2.45, 2.75) is 6.92 Å². The highest BCUT2D eigenvalue weighted by molar-refractivity contribution is 6.05. The Morgan fingerprint density at radius 3 is 2.09 bits per heavy atom. The summed E-state index contributed by atoms with van der Waals surface area (Å²) in [4.78, 5) is 48.4. The second-order valence-electron chi connectivity index (χ2n) is 6.82. The topological polar surface area (TPSA) is 111 Å². The highest BCUT2D eigenvalue weighted by Gasteiger charge is 2.14. The van der Waals surface area contributed by atoms with E-state index in [9.17, 15) is 19.2 Å². The van der Waals surface area contributed by atoms with Gasteiger partial charge >= 0.3 is 12.1 Å². The number of esters is 1. The fraction of sp³-hybridized carbons (Fsp3) is 0.120. The van der Waals surface area contributed by atoms with Crippen molar-refractivity contribution in [1.29, 1.82) is 0 Å². The van der Waals surface area contributed by atoms with Gasteiger partial charge < -0.3 is 14.8 Å². The molecule has 0 unspecified atom stereocenters. The lowest BCUT2D eigenvalue weighted by atomic mass is 10.1. The smallest absolute Gasteiger partial charge is 0.411 e. The molecule has 3 aromatic rings. The molecule has 8 heteroatoms. The van der Waals surface area contributed by atoms with Crippen molar-refractivity contribution < 1.29 is 28.7 Å². The maximum Gasteiger partial charge on any atom is 0.411 e. The molecule has 0 spiro atoms. The largest absolute Gasteiger partial charge is 0.454 e. The Balaban J connectivity index is 1.53. The summed E-state index contributed by atoms with van der Waals surface area (Å²) >= 11 is 0. The van der Waals surface area contributed by atoms with Crippen LogP contribution in [0.5, 0.6) is 0 Å². The molecule has 2 amide bonds. The number of rotatable bonds is 8. The van der Waals surface area contributed by atoms with Gasteiger partial charge in [0.1, 0.15) is 0 Å². The molecule has 8 nitrogen and oxygen atoms in total. The summed E-state index contributed by atoms with van der Waals surface area (Å²) in [6.45, 7) is 1.44. The molecule has 168 valence electrons. The van der Waals surface area contributed by atoms with Gasteiger partial charge in [-0.15, -0.1) is 0 Å². The molecule has 2 N–H and O–H groups in total. The van der Waals surface area contributed by atoms with Crippen molar-refractivity contribution in [2.24, 2.45) is 0 Å². The second-order valence-corrected chi connectivity index (χ2v) is 6.82. The number of carbonyl (C=O) groups excluding carboxylic acids is 4. The molecule has 0 aromatic heterocycles. The lowest BCUT2D eigenvalue weighted by molar-refractivity contribution is 0.0474. The van der Waals surface area contributed by atoms with Crippen molar-refractivity contribution >= 4 is 35.1 Å². The van der Waals surface area contributed by atoms with Crippen LogP contribution in [-0.4, -0.2) is 37.0 Å². The van der Waals surface area contributed by atoms with E-state index in [0.717, 1.165) is 0 Å². The Morgan fingerprint density at radius 2 is 1.39 bits per heavy atom. The average molecular weight is 446 g/mol. The number of hydrogen-bond acceptors (Lipinski definition) is 6. The van der Waals surface area contributed by atoms with Crippen molar-refractivity contribution in [3.05, 3.63) is 95.6 Å². The zero-order chi connectivity index (χ0) is 23.6. The van der Waals surface area contributed by atoms with Gasteiger partial charge in [0.05, 0.1) is 12.2 Å². The Kier molecular flexibility index (Phi) is 7.91. The second kappa shape index (κ2) is 11.2. The number of ketones is 1. The van der Waals surface area contributed by atoms with Gasteiger partial charge in [-0.3, -0.25) is 14.9 Å². The molecule has 0 aliphatic carbocycles. The van der Waals surface area contributed by atoms with Gasteiger partial charge in [-0.1, -0.05) is 24.3 Å². The maximum atomic E-state index is 12.4. The predicted octanol–water partition coefficient (Wildman–Crippen LogP) is 4.55. The van der Waals surface area contributed by atoms with Gasteiger partial charge in [0.15, 0.2) is 12.4 Å². The molecular weight excluding hydrogens is 424 g/mol. The van der Waals surface area contributed by atoms with Gasteiger partial charge in [0, 0.05) is 22.5 Å². The zero-order valence-corrected chi connectivity index (χ0v) is 17.9. The summed E-state index contributed by atoms with van der Waals surface area (Å²) in [6.07, 6.45) is -0.637. The van der Waals surface area contributed by atoms with Crippen LogP contribution in [0.15, 0.2) is 78.9 Å². The minimum absolute atomic E-state index is 0.177. The molecule has 0 saturated carbocycles. The number of amides is 2. The summed E-state index contributed by atoms with van der Waals surface area (Å²) < 4.78 is 9.89. The van der Waals surface area contributed by atoms with Crippen molar-refractivity contribution in [2.75, 3.05) is 23.8 Å². The van der Waals surface area contributed by atoms with Crippen molar-refractivity contribution in [1.82, 2.24) is 0 Å². The SMILES string of the molecule is CCOC(=O)Nc1cccc(C(=O)OCC(=O)c2ccc(NC(=O)c3ccccc3)cc2)c1. The van der Waals surface area contributed by atoms with Crippen LogP contribution >= 0.6 is 0 Å². The van der Waals surface area contributed by atoms with E-state index in [-0.39, 0.29) is 18.1 Å². The van der Waals surface area contributed by atoms with Gasteiger partial charge in [-0.25, -0.2) is 9.59 Å². The molecule has 0 heterocycles. The molecule has 0 bridgehead atoms. The van der Waals surface area contributed by atoms with Gasteiger partial charge in [-0.2, -0.15) is 0 Å². The first-order valence-electron chi connectivity index (χ1n) is 10.2. The van der Waals surface area contributed by atoms with E-state index in [0.29, 0.717) is 22.5 Å². The van der Waals surface area contributed by atoms with Crippen LogP contribution in [-0.2, 0) is 9.47 Å². The normalized spacial score (nSPS) is 10.1. The summed E-state index contributed by atoms with van der Waals surface area (Å²) in [5, 5.41) is 5.24. The Hall–Kier alpha value is -4.46. The summed E-state index contributed by atoms with van der Waals surface area (Å²) in [5.41, 5.74) is 1.92. The number of Topliss-reactive ketones (excluding diaryl/α,β-unsaturated/α-hetero) is 1. The quantitative estimate of drug-likeness (QED) is 0.388. The summed E-state index contributed by atoms with van der Waals surface area (Å²) in [7, 11) is 0. The van der Waals surface area contributed by atoms with E-state index in [1.165, 1.54) is 12.1 Å². The minimum Gasteiger partial charge on any atom is -0.454 e. The Morgan fingerprint density at radius 1 is 0.697 bits per heavy atom. The van der Waals surface area contributed by atoms with Crippen LogP contribution in [0, 0.1) is 0 Å². The van der Waals surface area contributed by atoms with Crippen LogP contribution in [0.3, 0.4) is 0 Å². The van der Waals surface area contributed by atoms with Crippen LogP contribution in [0.1, 0.15) is 38.0 Å². The first kappa shape index (κ1) is 23.2. The fourth-order valence-electron chi connectivity index (χ4n) is 2.84. The fourth-order valence-corrected chi connectivity index (χ4v) is 2.84. The minimum atomic E-state index is -0.706. The van der Waals surface area contributed by atoms with Gasteiger partial charge in [0.2, 0.25) is 0 Å². The standard InChI is InChI=1S/C25H22N2O6/c1-2-32-25(31)27-21-10-6-9-19(15-21)24(30)33-16-22(28)17-11-13-20(14-12-17)26-23(29)18-7-4-3-5-8-18/h3-15H,2,16H2,1H3,(H,26,29)(H,27,31). The van der Waals surface area contributed by atoms with E-state index in [1.54, 1.807) is 67.6 Å². The predicted molar refractivity (Wildman–Crippen MR) is 123 cm³/mol. The third kappa shape index (κ3) is 6.76. The molecule has 0 saturated heterocycles. The lowest BCUT2D eigenvalue weighted by Crippen LogP contribution is -2.16. The first-order chi connectivity index (χ1) is 16.0. The van der Waals surface area contributed by atoms with E-state index in [4.69, 9.17) is 9.47 Å². The molecule has 0 aliphatic rings. The van der Waals surface area contributed by atoms with E-state index < -0.39 is 24.5 Å². The molecule has 0 atom stereocenters. The molecule has 3 aromatic carbocycles. The zero-order valence-electron chi connectivity index (χ0n) is 17.9.